The van der Waals surface area contributed by atoms with Crippen LogP contribution in [0.5, 0.6) is 0 Å². The van der Waals surface area contributed by atoms with Crippen molar-refractivity contribution < 1.29 is 10.0 Å². The van der Waals surface area contributed by atoms with Gasteiger partial charge in [0.25, 0.3) is 0 Å². The summed E-state index contributed by atoms with van der Waals surface area (Å²) in [6.07, 6.45) is 0. The van der Waals surface area contributed by atoms with Crippen LogP contribution in [0.2, 0.25) is 0 Å². The first-order chi connectivity index (χ1) is 9.63. The van der Waals surface area contributed by atoms with Gasteiger partial charge in [-0.1, -0.05) is 35.5 Å². The van der Waals surface area contributed by atoms with E-state index in [0.29, 0.717) is 13.1 Å². The SMILES string of the molecule is CN1CCN(C(=O)C(C(N)=NO)c2ccccc2)CC1. The lowest BCUT2D eigenvalue weighted by Gasteiger charge is -2.34. The number of carbonyl (C=O) groups excluding carboxylic acids is 1. The quantitative estimate of drug-likeness (QED) is 0.360. The molecule has 1 amide bonds. The third-order valence-corrected chi connectivity index (χ3v) is 3.61. The standard InChI is InChI=1S/C14H20N4O2/c1-17-7-9-18(10-8-17)14(19)12(13(15)16-20)11-5-3-2-4-6-11/h2-6,12,20H,7-10H2,1H3,(H2,15,16). The first kappa shape index (κ1) is 14.3. The van der Waals surface area contributed by atoms with E-state index in [1.807, 2.05) is 37.4 Å². The summed E-state index contributed by atoms with van der Waals surface area (Å²) in [5.74, 6) is -0.899. The topological polar surface area (TPSA) is 82.2 Å². The number of rotatable bonds is 3. The fraction of sp³-hybridized carbons (Fsp3) is 0.429. The number of oxime groups is 1. The van der Waals surface area contributed by atoms with E-state index in [-0.39, 0.29) is 11.7 Å². The highest BCUT2D eigenvalue weighted by atomic mass is 16.4. The Hall–Kier alpha value is -2.08. The maximum Gasteiger partial charge on any atom is 0.237 e. The number of nitrogens with two attached hydrogens (primary N) is 1. The minimum Gasteiger partial charge on any atom is -0.409 e. The predicted molar refractivity (Wildman–Crippen MR) is 76.7 cm³/mol. The Labute approximate surface area is 118 Å². The van der Waals surface area contributed by atoms with E-state index in [2.05, 4.69) is 10.1 Å². The molecule has 1 unspecified atom stereocenters. The molecule has 0 aromatic heterocycles. The Morgan fingerprint density at radius 3 is 2.40 bits per heavy atom. The number of hydrogen-bond donors (Lipinski definition) is 2. The molecule has 6 heteroatoms. The van der Waals surface area contributed by atoms with Crippen LogP contribution in [0.25, 0.3) is 0 Å². The summed E-state index contributed by atoms with van der Waals surface area (Å²) in [4.78, 5) is 16.6. The first-order valence-corrected chi connectivity index (χ1v) is 6.63. The van der Waals surface area contributed by atoms with E-state index in [0.717, 1.165) is 18.7 Å². The molecule has 108 valence electrons. The van der Waals surface area contributed by atoms with Crippen molar-refractivity contribution in [3.05, 3.63) is 35.9 Å². The molecule has 20 heavy (non-hydrogen) atoms. The van der Waals surface area contributed by atoms with Crippen LogP contribution in [-0.4, -0.2) is 60.0 Å². The minimum absolute atomic E-state index is 0.0693. The van der Waals surface area contributed by atoms with E-state index in [4.69, 9.17) is 10.9 Å². The van der Waals surface area contributed by atoms with Gasteiger partial charge >= 0.3 is 0 Å². The maximum atomic E-state index is 12.6. The maximum absolute atomic E-state index is 12.6. The second-order valence-corrected chi connectivity index (χ2v) is 5.00. The van der Waals surface area contributed by atoms with Gasteiger partial charge < -0.3 is 20.7 Å². The van der Waals surface area contributed by atoms with Crippen LogP contribution >= 0.6 is 0 Å². The molecule has 1 heterocycles. The molecule has 0 spiro atoms. The van der Waals surface area contributed by atoms with Crippen molar-refractivity contribution in [2.45, 2.75) is 5.92 Å². The van der Waals surface area contributed by atoms with E-state index in [1.54, 1.807) is 4.90 Å². The molecule has 1 aromatic carbocycles. The Balaban J connectivity index is 2.21. The summed E-state index contributed by atoms with van der Waals surface area (Å²) in [6, 6.07) is 9.18. The van der Waals surface area contributed by atoms with Crippen LogP contribution in [0.15, 0.2) is 35.5 Å². The highest BCUT2D eigenvalue weighted by molar-refractivity contribution is 6.07. The zero-order chi connectivity index (χ0) is 14.5. The van der Waals surface area contributed by atoms with Gasteiger partial charge in [0.05, 0.1) is 0 Å². The van der Waals surface area contributed by atoms with E-state index < -0.39 is 5.92 Å². The Morgan fingerprint density at radius 2 is 1.85 bits per heavy atom. The summed E-state index contributed by atoms with van der Waals surface area (Å²) < 4.78 is 0. The molecule has 0 aliphatic carbocycles. The van der Waals surface area contributed by atoms with Crippen LogP contribution in [0, 0.1) is 0 Å². The van der Waals surface area contributed by atoms with Crippen molar-refractivity contribution in [1.82, 2.24) is 9.80 Å². The second-order valence-electron chi connectivity index (χ2n) is 5.00. The molecule has 2 rings (SSSR count). The zero-order valence-electron chi connectivity index (χ0n) is 11.6. The van der Waals surface area contributed by atoms with Crippen molar-refractivity contribution >= 4 is 11.7 Å². The minimum atomic E-state index is -0.718. The summed E-state index contributed by atoms with van der Waals surface area (Å²) in [5.41, 5.74) is 6.47. The highest BCUT2D eigenvalue weighted by Gasteiger charge is 2.30. The molecule has 1 aliphatic heterocycles. The molecule has 1 saturated heterocycles. The van der Waals surface area contributed by atoms with Gasteiger partial charge in [-0.05, 0) is 12.6 Å². The average molecular weight is 276 g/mol. The first-order valence-electron chi connectivity index (χ1n) is 6.63. The Bertz CT molecular complexity index is 481. The van der Waals surface area contributed by atoms with Gasteiger partial charge in [-0.15, -0.1) is 0 Å². The summed E-state index contributed by atoms with van der Waals surface area (Å²) >= 11 is 0. The summed E-state index contributed by atoms with van der Waals surface area (Å²) in [5, 5.41) is 12.0. The zero-order valence-corrected chi connectivity index (χ0v) is 11.6. The monoisotopic (exact) mass is 276 g/mol. The van der Waals surface area contributed by atoms with Crippen LogP contribution in [0.3, 0.4) is 0 Å². The smallest absolute Gasteiger partial charge is 0.237 e. The molecule has 0 radical (unpaired) electrons. The van der Waals surface area contributed by atoms with Gasteiger partial charge in [0, 0.05) is 26.2 Å². The summed E-state index contributed by atoms with van der Waals surface area (Å²) in [6.45, 7) is 3.00. The summed E-state index contributed by atoms with van der Waals surface area (Å²) in [7, 11) is 2.03. The molecule has 6 nitrogen and oxygen atoms in total. The second kappa shape index (κ2) is 6.38. The molecular weight excluding hydrogens is 256 g/mol. The van der Waals surface area contributed by atoms with Crippen molar-refractivity contribution in [3.8, 4) is 0 Å². The third kappa shape index (κ3) is 3.08. The molecule has 1 atom stereocenters. The molecule has 0 bridgehead atoms. The third-order valence-electron chi connectivity index (χ3n) is 3.61. The molecule has 0 saturated carbocycles. The van der Waals surface area contributed by atoms with Gasteiger partial charge in [-0.2, -0.15) is 0 Å². The molecule has 1 aliphatic rings. The van der Waals surface area contributed by atoms with Gasteiger partial charge in [-0.25, -0.2) is 0 Å². The number of nitrogens with zero attached hydrogens (tertiary/aromatic N) is 3. The lowest BCUT2D eigenvalue weighted by atomic mass is 9.96. The number of carbonyl (C=O) groups is 1. The van der Waals surface area contributed by atoms with Crippen molar-refractivity contribution in [3.63, 3.8) is 0 Å². The van der Waals surface area contributed by atoms with E-state index in [1.165, 1.54) is 0 Å². The van der Waals surface area contributed by atoms with Crippen molar-refractivity contribution in [2.24, 2.45) is 10.9 Å². The normalized spacial score (nSPS) is 18.9. The van der Waals surface area contributed by atoms with Gasteiger partial charge in [-0.3, -0.25) is 4.79 Å². The molecular formula is C14H20N4O2. The van der Waals surface area contributed by atoms with Gasteiger partial charge in [0.2, 0.25) is 5.91 Å². The lowest BCUT2D eigenvalue weighted by molar-refractivity contribution is -0.132. The Morgan fingerprint density at radius 1 is 1.25 bits per heavy atom. The fourth-order valence-electron chi connectivity index (χ4n) is 2.35. The number of benzene rings is 1. The average Bonchev–Trinajstić information content (AvgIpc) is 2.49. The fourth-order valence-corrected chi connectivity index (χ4v) is 2.35. The van der Waals surface area contributed by atoms with Crippen LogP contribution in [0.1, 0.15) is 11.5 Å². The van der Waals surface area contributed by atoms with Crippen LogP contribution in [0.4, 0.5) is 0 Å². The number of likely N-dealkylation sites (N-methyl/N-ethyl adjacent to an activating group) is 1. The van der Waals surface area contributed by atoms with Gasteiger partial charge in [0.15, 0.2) is 5.84 Å². The van der Waals surface area contributed by atoms with Crippen molar-refractivity contribution in [2.75, 3.05) is 33.2 Å². The van der Waals surface area contributed by atoms with E-state index in [9.17, 15) is 4.79 Å². The lowest BCUT2D eigenvalue weighted by Crippen LogP contribution is -2.50. The molecule has 1 fully saturated rings. The van der Waals surface area contributed by atoms with Gasteiger partial charge in [0.1, 0.15) is 5.92 Å². The predicted octanol–water partition coefficient (Wildman–Crippen LogP) is 0.291. The van der Waals surface area contributed by atoms with Crippen LogP contribution < -0.4 is 5.73 Å². The largest absolute Gasteiger partial charge is 0.409 e. The molecule has 1 aromatic rings. The Kier molecular flexibility index (Phi) is 4.57. The van der Waals surface area contributed by atoms with Crippen LogP contribution in [-0.2, 0) is 4.79 Å². The number of amides is 1. The number of amidine groups is 1. The van der Waals surface area contributed by atoms with Crippen molar-refractivity contribution in [1.29, 1.82) is 0 Å². The van der Waals surface area contributed by atoms with E-state index >= 15 is 0 Å². The highest BCUT2D eigenvalue weighted by Crippen LogP contribution is 2.19. The number of hydrogen-bond acceptors (Lipinski definition) is 4. The number of piperazine rings is 1. The molecule has 3 N–H and O–H groups in total.